The molecule has 0 bridgehead atoms. The third-order valence-corrected chi connectivity index (χ3v) is 3.35. The van der Waals surface area contributed by atoms with Gasteiger partial charge in [-0.25, -0.2) is 0 Å². The minimum Gasteiger partial charge on any atom is -0.393 e. The highest BCUT2D eigenvalue weighted by molar-refractivity contribution is 4.88. The van der Waals surface area contributed by atoms with Crippen LogP contribution in [-0.4, -0.2) is 33.6 Å². The molecule has 3 nitrogen and oxygen atoms in total. The van der Waals surface area contributed by atoms with Crippen LogP contribution < -0.4 is 0 Å². The van der Waals surface area contributed by atoms with Gasteiger partial charge in [0.05, 0.1) is 18.3 Å². The molecule has 4 atom stereocenters. The van der Waals surface area contributed by atoms with E-state index in [0.717, 1.165) is 12.8 Å². The van der Waals surface area contributed by atoms with E-state index >= 15 is 0 Å². The average molecular weight is 188 g/mol. The number of hydrogen-bond acceptors (Lipinski definition) is 3. The lowest BCUT2D eigenvalue weighted by Gasteiger charge is -2.38. The zero-order chi connectivity index (χ0) is 10.1. The number of hydrogen-bond donors (Lipinski definition) is 3. The minimum atomic E-state index is -1.03. The van der Waals surface area contributed by atoms with E-state index in [1.807, 2.05) is 6.92 Å². The maximum absolute atomic E-state index is 9.79. The monoisotopic (exact) mass is 188 g/mol. The smallest absolute Gasteiger partial charge is 0.0878 e. The quantitative estimate of drug-likeness (QED) is 0.592. The highest BCUT2D eigenvalue weighted by Crippen LogP contribution is 2.35. The molecular weight excluding hydrogens is 168 g/mol. The molecule has 1 saturated carbocycles. The van der Waals surface area contributed by atoms with Crippen molar-refractivity contribution in [2.45, 2.75) is 44.8 Å². The Morgan fingerprint density at radius 3 is 2.46 bits per heavy atom. The van der Waals surface area contributed by atoms with E-state index in [9.17, 15) is 10.2 Å². The molecule has 0 saturated heterocycles. The summed E-state index contributed by atoms with van der Waals surface area (Å²) < 4.78 is 0. The van der Waals surface area contributed by atoms with Crippen LogP contribution >= 0.6 is 0 Å². The van der Waals surface area contributed by atoms with Crippen molar-refractivity contribution in [1.29, 1.82) is 0 Å². The lowest BCUT2D eigenvalue weighted by atomic mass is 9.73. The normalized spacial score (nSPS) is 39.9. The maximum Gasteiger partial charge on any atom is 0.0878 e. The van der Waals surface area contributed by atoms with Crippen molar-refractivity contribution in [3.63, 3.8) is 0 Å². The van der Waals surface area contributed by atoms with Gasteiger partial charge in [0, 0.05) is 0 Å². The molecule has 0 aromatic rings. The SMILES string of the molecule is C[C@@H]1CC[C@@H]([C@@](C)(O)CO)C[C@H]1O. The summed E-state index contributed by atoms with van der Waals surface area (Å²) >= 11 is 0. The molecule has 1 fully saturated rings. The van der Waals surface area contributed by atoms with Crippen LogP contribution in [0.3, 0.4) is 0 Å². The Balaban J connectivity index is 2.55. The molecule has 0 amide bonds. The van der Waals surface area contributed by atoms with Crippen LogP contribution in [0.5, 0.6) is 0 Å². The Morgan fingerprint density at radius 2 is 2.00 bits per heavy atom. The van der Waals surface area contributed by atoms with Crippen molar-refractivity contribution in [2.24, 2.45) is 11.8 Å². The van der Waals surface area contributed by atoms with Gasteiger partial charge in [-0.15, -0.1) is 0 Å². The molecule has 78 valence electrons. The van der Waals surface area contributed by atoms with E-state index < -0.39 is 5.60 Å². The van der Waals surface area contributed by atoms with Crippen LogP contribution in [0.4, 0.5) is 0 Å². The molecule has 0 radical (unpaired) electrons. The molecule has 1 aliphatic carbocycles. The first-order valence-electron chi connectivity index (χ1n) is 4.98. The summed E-state index contributed by atoms with van der Waals surface area (Å²) in [6, 6.07) is 0. The fraction of sp³-hybridized carbons (Fsp3) is 1.00. The second kappa shape index (κ2) is 3.95. The number of aliphatic hydroxyl groups excluding tert-OH is 2. The molecule has 3 heteroatoms. The molecule has 0 aliphatic heterocycles. The molecule has 0 unspecified atom stereocenters. The predicted molar refractivity (Wildman–Crippen MR) is 50.2 cm³/mol. The summed E-state index contributed by atoms with van der Waals surface area (Å²) in [5, 5.41) is 28.4. The zero-order valence-electron chi connectivity index (χ0n) is 8.40. The Kier molecular flexibility index (Phi) is 3.33. The van der Waals surface area contributed by atoms with Crippen molar-refractivity contribution in [3.8, 4) is 0 Å². The highest BCUT2D eigenvalue weighted by Gasteiger charge is 2.37. The molecule has 0 aromatic heterocycles. The largest absolute Gasteiger partial charge is 0.393 e. The fourth-order valence-corrected chi connectivity index (χ4v) is 1.99. The van der Waals surface area contributed by atoms with E-state index in [2.05, 4.69) is 0 Å². The molecule has 0 spiro atoms. The van der Waals surface area contributed by atoms with Crippen LogP contribution in [-0.2, 0) is 0 Å². The van der Waals surface area contributed by atoms with Gasteiger partial charge < -0.3 is 15.3 Å². The van der Waals surface area contributed by atoms with Gasteiger partial charge in [-0.05, 0) is 38.0 Å². The second-order valence-corrected chi connectivity index (χ2v) is 4.57. The standard InChI is InChI=1S/C10H20O3/c1-7-3-4-8(5-9(7)12)10(2,13)6-11/h7-9,11-13H,3-6H2,1-2H3/t7-,8-,9-,10+/m1/s1. The summed E-state index contributed by atoms with van der Waals surface area (Å²) in [7, 11) is 0. The van der Waals surface area contributed by atoms with Gasteiger partial charge in [-0.1, -0.05) is 6.92 Å². The molecule has 0 heterocycles. The first-order chi connectivity index (χ1) is 5.97. The van der Waals surface area contributed by atoms with E-state index in [4.69, 9.17) is 5.11 Å². The lowest BCUT2D eigenvalue weighted by Crippen LogP contribution is -2.43. The minimum absolute atomic E-state index is 0.0312. The van der Waals surface area contributed by atoms with E-state index in [1.165, 1.54) is 0 Å². The van der Waals surface area contributed by atoms with E-state index in [-0.39, 0.29) is 18.6 Å². The molecule has 13 heavy (non-hydrogen) atoms. The third kappa shape index (κ3) is 2.42. The van der Waals surface area contributed by atoms with Crippen molar-refractivity contribution >= 4 is 0 Å². The van der Waals surface area contributed by atoms with Gasteiger partial charge in [0.1, 0.15) is 0 Å². The molecule has 1 aliphatic rings. The fourth-order valence-electron chi connectivity index (χ4n) is 1.99. The van der Waals surface area contributed by atoms with E-state index in [1.54, 1.807) is 6.92 Å². The Morgan fingerprint density at radius 1 is 1.38 bits per heavy atom. The zero-order valence-corrected chi connectivity index (χ0v) is 8.40. The van der Waals surface area contributed by atoms with Crippen LogP contribution in [0, 0.1) is 11.8 Å². The second-order valence-electron chi connectivity index (χ2n) is 4.57. The molecule has 1 rings (SSSR count). The Labute approximate surface area is 79.4 Å². The van der Waals surface area contributed by atoms with Gasteiger partial charge in [0.25, 0.3) is 0 Å². The van der Waals surface area contributed by atoms with Crippen LogP contribution in [0.1, 0.15) is 33.1 Å². The van der Waals surface area contributed by atoms with Crippen molar-refractivity contribution < 1.29 is 15.3 Å². The van der Waals surface area contributed by atoms with Crippen molar-refractivity contribution in [3.05, 3.63) is 0 Å². The lowest BCUT2D eigenvalue weighted by molar-refractivity contribution is -0.0836. The summed E-state index contributed by atoms with van der Waals surface area (Å²) in [5.41, 5.74) is -1.03. The van der Waals surface area contributed by atoms with Crippen LogP contribution in [0.15, 0.2) is 0 Å². The summed E-state index contributed by atoms with van der Waals surface area (Å²) in [6.45, 7) is 3.44. The van der Waals surface area contributed by atoms with E-state index in [0.29, 0.717) is 12.3 Å². The maximum atomic E-state index is 9.79. The number of aliphatic hydroxyl groups is 3. The van der Waals surface area contributed by atoms with Gasteiger partial charge in [-0.3, -0.25) is 0 Å². The Hall–Kier alpha value is -0.120. The van der Waals surface area contributed by atoms with Gasteiger partial charge in [-0.2, -0.15) is 0 Å². The van der Waals surface area contributed by atoms with Crippen molar-refractivity contribution in [2.75, 3.05) is 6.61 Å². The highest BCUT2D eigenvalue weighted by atomic mass is 16.3. The summed E-state index contributed by atoms with van der Waals surface area (Å²) in [4.78, 5) is 0. The third-order valence-electron chi connectivity index (χ3n) is 3.35. The first-order valence-corrected chi connectivity index (χ1v) is 4.98. The topological polar surface area (TPSA) is 60.7 Å². The van der Waals surface area contributed by atoms with Crippen molar-refractivity contribution in [1.82, 2.24) is 0 Å². The van der Waals surface area contributed by atoms with Crippen LogP contribution in [0.2, 0.25) is 0 Å². The number of rotatable bonds is 2. The first kappa shape index (κ1) is 11.0. The predicted octanol–water partition coefficient (Wildman–Crippen LogP) is 0.527. The molecule has 0 aromatic carbocycles. The molecular formula is C10H20O3. The Bertz CT molecular complexity index is 168. The van der Waals surface area contributed by atoms with Crippen LogP contribution in [0.25, 0.3) is 0 Å². The molecule has 3 N–H and O–H groups in total. The van der Waals surface area contributed by atoms with Gasteiger partial charge in [0.2, 0.25) is 0 Å². The van der Waals surface area contributed by atoms with Gasteiger partial charge in [0.15, 0.2) is 0 Å². The summed E-state index contributed by atoms with van der Waals surface area (Å²) in [6.07, 6.45) is 2.11. The average Bonchev–Trinajstić information content (AvgIpc) is 2.09. The summed E-state index contributed by atoms with van der Waals surface area (Å²) in [5.74, 6) is 0.356. The van der Waals surface area contributed by atoms with Gasteiger partial charge >= 0.3 is 0 Å².